The molecule has 3 heterocycles. The highest BCUT2D eigenvalue weighted by molar-refractivity contribution is 5.80. The Hall–Kier alpha value is -2.38. The molecule has 1 unspecified atom stereocenters. The minimum absolute atomic E-state index is 0.544. The van der Waals surface area contributed by atoms with Crippen LogP contribution in [0.3, 0.4) is 0 Å². The minimum atomic E-state index is 0.544. The highest BCUT2D eigenvalue weighted by atomic mass is 15.3. The minimum Gasteiger partial charge on any atom is -0.357 e. The van der Waals surface area contributed by atoms with Crippen LogP contribution < -0.4 is 5.32 Å². The summed E-state index contributed by atoms with van der Waals surface area (Å²) in [5.74, 6) is 2.48. The number of hydrogen-bond donors (Lipinski definition) is 1. The Morgan fingerprint density at radius 2 is 2.25 bits per heavy atom. The molecule has 0 amide bonds. The van der Waals surface area contributed by atoms with Gasteiger partial charge in [-0.3, -0.25) is 9.36 Å². The van der Waals surface area contributed by atoms with Crippen LogP contribution in [0.15, 0.2) is 23.7 Å². The molecule has 0 radical (unpaired) electrons. The van der Waals surface area contributed by atoms with Gasteiger partial charge < -0.3 is 10.2 Å². The quantitative estimate of drug-likeness (QED) is 0.641. The molecular formula is C16H26N8. The van der Waals surface area contributed by atoms with Crippen LogP contribution in [0.5, 0.6) is 0 Å². The van der Waals surface area contributed by atoms with Crippen molar-refractivity contribution in [2.24, 2.45) is 25.0 Å². The van der Waals surface area contributed by atoms with Gasteiger partial charge in [-0.05, 0) is 31.2 Å². The van der Waals surface area contributed by atoms with E-state index < -0.39 is 0 Å². The van der Waals surface area contributed by atoms with Crippen LogP contribution in [-0.2, 0) is 27.1 Å². The van der Waals surface area contributed by atoms with Crippen molar-refractivity contribution in [3.05, 3.63) is 30.1 Å². The van der Waals surface area contributed by atoms with Crippen molar-refractivity contribution in [1.29, 1.82) is 0 Å². The predicted molar refractivity (Wildman–Crippen MR) is 92.4 cm³/mol. The van der Waals surface area contributed by atoms with E-state index in [0.29, 0.717) is 12.5 Å². The number of aliphatic imine (C=N–C) groups is 1. The molecule has 1 atom stereocenters. The fraction of sp³-hybridized carbons (Fsp3) is 0.625. The maximum atomic E-state index is 4.74. The lowest BCUT2D eigenvalue weighted by atomic mass is 10.0. The zero-order valence-electron chi connectivity index (χ0n) is 14.7. The molecule has 0 saturated carbocycles. The maximum absolute atomic E-state index is 4.74. The Labute approximate surface area is 142 Å². The smallest absolute Gasteiger partial charge is 0.194 e. The SMILES string of the molecule is CCNC(=NCc1ncnn1C)N1CCC(Cc2cnn(C)c2)C1. The molecule has 1 fully saturated rings. The Balaban J connectivity index is 1.61. The summed E-state index contributed by atoms with van der Waals surface area (Å²) in [6.45, 7) is 5.57. The summed E-state index contributed by atoms with van der Waals surface area (Å²) in [5, 5.41) is 11.8. The number of aromatic nitrogens is 5. The van der Waals surface area contributed by atoms with E-state index >= 15 is 0 Å². The normalized spacial score (nSPS) is 18.4. The molecule has 24 heavy (non-hydrogen) atoms. The topological polar surface area (TPSA) is 76.2 Å². The average Bonchev–Trinajstić information content (AvgIpc) is 3.27. The van der Waals surface area contributed by atoms with Crippen LogP contribution in [0.1, 0.15) is 24.7 Å². The first-order valence-electron chi connectivity index (χ1n) is 8.49. The van der Waals surface area contributed by atoms with Gasteiger partial charge in [-0.2, -0.15) is 10.2 Å². The second-order valence-electron chi connectivity index (χ2n) is 6.30. The largest absolute Gasteiger partial charge is 0.357 e. The van der Waals surface area contributed by atoms with Gasteiger partial charge in [-0.15, -0.1) is 0 Å². The average molecular weight is 330 g/mol. The number of nitrogens with zero attached hydrogens (tertiary/aromatic N) is 7. The molecule has 8 heteroatoms. The van der Waals surface area contributed by atoms with Crippen molar-refractivity contribution in [3.8, 4) is 0 Å². The summed E-state index contributed by atoms with van der Waals surface area (Å²) >= 11 is 0. The number of guanidine groups is 1. The first-order valence-corrected chi connectivity index (χ1v) is 8.49. The van der Waals surface area contributed by atoms with E-state index in [-0.39, 0.29) is 0 Å². The summed E-state index contributed by atoms with van der Waals surface area (Å²) in [7, 11) is 3.86. The van der Waals surface area contributed by atoms with Crippen LogP contribution >= 0.6 is 0 Å². The maximum Gasteiger partial charge on any atom is 0.194 e. The number of likely N-dealkylation sites (tertiary alicyclic amines) is 1. The van der Waals surface area contributed by atoms with Crippen LogP contribution in [0.4, 0.5) is 0 Å². The Morgan fingerprint density at radius 1 is 1.38 bits per heavy atom. The van der Waals surface area contributed by atoms with Gasteiger partial charge in [0.05, 0.1) is 6.20 Å². The Bertz CT molecular complexity index is 686. The van der Waals surface area contributed by atoms with Crippen molar-refractivity contribution < 1.29 is 0 Å². The lowest BCUT2D eigenvalue weighted by Gasteiger charge is -2.21. The molecule has 3 rings (SSSR count). The fourth-order valence-corrected chi connectivity index (χ4v) is 3.14. The molecule has 0 bridgehead atoms. The van der Waals surface area contributed by atoms with Crippen molar-refractivity contribution >= 4 is 5.96 Å². The molecule has 1 aliphatic heterocycles. The van der Waals surface area contributed by atoms with E-state index in [1.165, 1.54) is 12.0 Å². The standard InChI is InChI=1S/C16H26N8/c1-4-17-16(18-9-15-19-12-21-23(15)3)24-6-5-13(11-24)7-14-8-20-22(2)10-14/h8,10,12-13H,4-7,9,11H2,1-3H3,(H,17,18). The molecule has 130 valence electrons. The Morgan fingerprint density at radius 3 is 2.92 bits per heavy atom. The van der Waals surface area contributed by atoms with E-state index in [9.17, 15) is 0 Å². The molecule has 8 nitrogen and oxygen atoms in total. The second-order valence-corrected chi connectivity index (χ2v) is 6.30. The first-order chi connectivity index (χ1) is 11.7. The van der Waals surface area contributed by atoms with Gasteiger partial charge in [0.15, 0.2) is 5.96 Å². The lowest BCUT2D eigenvalue weighted by Crippen LogP contribution is -2.40. The summed E-state index contributed by atoms with van der Waals surface area (Å²) < 4.78 is 3.64. The van der Waals surface area contributed by atoms with Crippen LogP contribution in [0.2, 0.25) is 0 Å². The predicted octanol–water partition coefficient (Wildman–Crippen LogP) is 0.579. The van der Waals surface area contributed by atoms with Gasteiger partial charge in [0, 0.05) is 39.9 Å². The zero-order chi connectivity index (χ0) is 16.9. The summed E-state index contributed by atoms with van der Waals surface area (Å²) in [6.07, 6.45) is 7.90. The third-order valence-electron chi connectivity index (χ3n) is 4.38. The fourth-order valence-electron chi connectivity index (χ4n) is 3.14. The third kappa shape index (κ3) is 3.93. The number of nitrogens with one attached hydrogen (secondary N) is 1. The molecule has 0 aromatic carbocycles. The lowest BCUT2D eigenvalue weighted by molar-refractivity contribution is 0.459. The zero-order valence-corrected chi connectivity index (χ0v) is 14.7. The molecule has 0 aliphatic carbocycles. The van der Waals surface area contributed by atoms with Crippen LogP contribution in [0.25, 0.3) is 0 Å². The van der Waals surface area contributed by atoms with Crippen molar-refractivity contribution in [3.63, 3.8) is 0 Å². The van der Waals surface area contributed by atoms with E-state index in [0.717, 1.165) is 37.8 Å². The van der Waals surface area contributed by atoms with E-state index in [4.69, 9.17) is 4.99 Å². The first kappa shape index (κ1) is 16.5. The molecule has 1 N–H and O–H groups in total. The van der Waals surface area contributed by atoms with Gasteiger partial charge in [0.2, 0.25) is 0 Å². The number of aryl methyl sites for hydroxylation is 2. The number of rotatable bonds is 5. The van der Waals surface area contributed by atoms with E-state index in [2.05, 4.69) is 38.5 Å². The summed E-state index contributed by atoms with van der Waals surface area (Å²) in [5.41, 5.74) is 1.31. The van der Waals surface area contributed by atoms with Gasteiger partial charge >= 0.3 is 0 Å². The second kappa shape index (κ2) is 7.46. The summed E-state index contributed by atoms with van der Waals surface area (Å²) in [4.78, 5) is 11.3. The van der Waals surface area contributed by atoms with Crippen LogP contribution in [0, 0.1) is 5.92 Å². The molecule has 1 aliphatic rings. The molecule has 2 aromatic heterocycles. The number of hydrogen-bond acceptors (Lipinski definition) is 4. The van der Waals surface area contributed by atoms with E-state index in [1.807, 2.05) is 25.0 Å². The van der Waals surface area contributed by atoms with E-state index in [1.54, 1.807) is 11.0 Å². The van der Waals surface area contributed by atoms with Crippen molar-refractivity contribution in [1.82, 2.24) is 34.8 Å². The molecular weight excluding hydrogens is 304 g/mol. The highest BCUT2D eigenvalue weighted by Gasteiger charge is 2.25. The summed E-state index contributed by atoms with van der Waals surface area (Å²) in [6, 6.07) is 0. The highest BCUT2D eigenvalue weighted by Crippen LogP contribution is 2.20. The molecule has 2 aromatic rings. The molecule has 0 spiro atoms. The van der Waals surface area contributed by atoms with Crippen LogP contribution in [-0.4, -0.2) is 55.0 Å². The Kier molecular flexibility index (Phi) is 5.12. The third-order valence-corrected chi connectivity index (χ3v) is 4.38. The van der Waals surface area contributed by atoms with Gasteiger partial charge in [0.25, 0.3) is 0 Å². The monoisotopic (exact) mass is 330 g/mol. The molecule has 1 saturated heterocycles. The van der Waals surface area contributed by atoms with Crippen molar-refractivity contribution in [2.75, 3.05) is 19.6 Å². The van der Waals surface area contributed by atoms with Gasteiger partial charge in [0.1, 0.15) is 18.7 Å². The van der Waals surface area contributed by atoms with Crippen molar-refractivity contribution in [2.45, 2.75) is 26.3 Å². The van der Waals surface area contributed by atoms with Gasteiger partial charge in [-0.1, -0.05) is 0 Å². The van der Waals surface area contributed by atoms with Gasteiger partial charge in [-0.25, -0.2) is 9.98 Å².